The number of nitrogens with zero attached hydrogens (tertiary/aromatic N) is 1. The third-order valence-corrected chi connectivity index (χ3v) is 3.78. The molecule has 1 fully saturated rings. The minimum atomic E-state index is 0.0996. The highest BCUT2D eigenvalue weighted by Gasteiger charge is 2.25. The van der Waals surface area contributed by atoms with Gasteiger partial charge in [0.25, 0.3) is 5.91 Å². The molecule has 1 amide bonds. The lowest BCUT2D eigenvalue weighted by Gasteiger charge is -2.34. The molecule has 1 aromatic rings. The minimum Gasteiger partial charge on any atom is -0.484 e. The fourth-order valence-corrected chi connectivity index (χ4v) is 3.12. The van der Waals surface area contributed by atoms with Crippen LogP contribution in [-0.4, -0.2) is 30.5 Å². The first-order chi connectivity index (χ1) is 9.44. The number of rotatable bonds is 3. The second kappa shape index (κ2) is 6.29. The molecule has 0 N–H and O–H groups in total. The summed E-state index contributed by atoms with van der Waals surface area (Å²) in [6, 6.07) is 6.05. The van der Waals surface area contributed by atoms with Crippen molar-refractivity contribution >= 4 is 5.91 Å². The fourth-order valence-electron chi connectivity index (χ4n) is 3.12. The highest BCUT2D eigenvalue weighted by Crippen LogP contribution is 2.21. The average Bonchev–Trinajstić information content (AvgIpc) is 2.33. The van der Waals surface area contributed by atoms with Gasteiger partial charge in [0.05, 0.1) is 0 Å². The van der Waals surface area contributed by atoms with E-state index >= 15 is 0 Å². The van der Waals surface area contributed by atoms with E-state index in [1.807, 2.05) is 30.9 Å². The number of likely N-dealkylation sites (tertiary alicyclic amines) is 1. The summed E-state index contributed by atoms with van der Waals surface area (Å²) in [5.74, 6) is 2.06. The van der Waals surface area contributed by atoms with Crippen LogP contribution in [0.3, 0.4) is 0 Å². The van der Waals surface area contributed by atoms with Crippen LogP contribution in [0.15, 0.2) is 18.2 Å². The zero-order valence-corrected chi connectivity index (χ0v) is 13.0. The quantitative estimate of drug-likeness (QED) is 0.848. The molecule has 0 aromatic heterocycles. The molecule has 20 heavy (non-hydrogen) atoms. The smallest absolute Gasteiger partial charge is 0.260 e. The van der Waals surface area contributed by atoms with Gasteiger partial charge in [0.2, 0.25) is 0 Å². The standard InChI is InChI=1S/C17H25NO2/c1-12-5-13(2)8-16(7-12)20-11-17(19)18-9-14(3)6-15(4)10-18/h5,7-8,14-15H,6,9-11H2,1-4H3. The van der Waals surface area contributed by atoms with Crippen LogP contribution in [-0.2, 0) is 4.79 Å². The van der Waals surface area contributed by atoms with Crippen LogP contribution < -0.4 is 4.74 Å². The molecule has 0 radical (unpaired) electrons. The maximum atomic E-state index is 12.2. The Labute approximate surface area is 121 Å². The monoisotopic (exact) mass is 275 g/mol. The lowest BCUT2D eigenvalue weighted by molar-refractivity contribution is -0.136. The van der Waals surface area contributed by atoms with Crippen LogP contribution >= 0.6 is 0 Å². The van der Waals surface area contributed by atoms with Gasteiger partial charge < -0.3 is 9.64 Å². The van der Waals surface area contributed by atoms with Crippen molar-refractivity contribution in [1.29, 1.82) is 0 Å². The SMILES string of the molecule is Cc1cc(C)cc(OCC(=O)N2CC(C)CC(C)C2)c1. The molecule has 1 heterocycles. The van der Waals surface area contributed by atoms with E-state index in [4.69, 9.17) is 4.74 Å². The van der Waals surface area contributed by atoms with Crippen molar-refractivity contribution in [3.8, 4) is 5.75 Å². The Bertz CT molecular complexity index is 454. The van der Waals surface area contributed by atoms with Crippen LogP contribution in [0.25, 0.3) is 0 Å². The second-order valence-corrected chi connectivity index (χ2v) is 6.36. The normalized spacial score (nSPS) is 22.7. The van der Waals surface area contributed by atoms with Gasteiger partial charge in [-0.1, -0.05) is 19.9 Å². The Morgan fingerprint density at radius 3 is 2.25 bits per heavy atom. The maximum Gasteiger partial charge on any atom is 0.260 e. The predicted molar refractivity (Wildman–Crippen MR) is 80.9 cm³/mol. The number of piperidine rings is 1. The molecule has 3 nitrogen and oxygen atoms in total. The molecule has 0 bridgehead atoms. The topological polar surface area (TPSA) is 29.5 Å². The molecule has 1 aromatic carbocycles. The van der Waals surface area contributed by atoms with Crippen LogP contribution in [0, 0.1) is 25.7 Å². The third-order valence-electron chi connectivity index (χ3n) is 3.78. The molecule has 1 aliphatic heterocycles. The van der Waals surface area contributed by atoms with E-state index in [1.165, 1.54) is 6.42 Å². The van der Waals surface area contributed by atoms with Crippen molar-refractivity contribution in [3.05, 3.63) is 29.3 Å². The molecule has 1 aliphatic rings. The van der Waals surface area contributed by atoms with Crippen molar-refractivity contribution < 1.29 is 9.53 Å². The van der Waals surface area contributed by atoms with Gasteiger partial charge in [-0.3, -0.25) is 4.79 Å². The summed E-state index contributed by atoms with van der Waals surface area (Å²) in [5, 5.41) is 0. The molecule has 0 spiro atoms. The minimum absolute atomic E-state index is 0.0996. The van der Waals surface area contributed by atoms with E-state index < -0.39 is 0 Å². The molecule has 2 unspecified atom stereocenters. The van der Waals surface area contributed by atoms with E-state index in [9.17, 15) is 4.79 Å². The first-order valence-corrected chi connectivity index (χ1v) is 7.43. The maximum absolute atomic E-state index is 12.2. The van der Waals surface area contributed by atoms with Gasteiger partial charge in [-0.15, -0.1) is 0 Å². The molecule has 2 rings (SSSR count). The Hall–Kier alpha value is -1.51. The molecular weight excluding hydrogens is 250 g/mol. The van der Waals surface area contributed by atoms with Crippen LogP contribution in [0.5, 0.6) is 5.75 Å². The summed E-state index contributed by atoms with van der Waals surface area (Å²) >= 11 is 0. The summed E-state index contributed by atoms with van der Waals surface area (Å²) in [6.45, 7) is 10.4. The van der Waals surface area contributed by atoms with Crippen LogP contribution in [0.2, 0.25) is 0 Å². The van der Waals surface area contributed by atoms with E-state index in [0.29, 0.717) is 11.8 Å². The summed E-state index contributed by atoms with van der Waals surface area (Å²) < 4.78 is 5.66. The summed E-state index contributed by atoms with van der Waals surface area (Å²) in [6.07, 6.45) is 1.21. The largest absolute Gasteiger partial charge is 0.484 e. The van der Waals surface area contributed by atoms with Crippen molar-refractivity contribution in [1.82, 2.24) is 4.90 Å². The van der Waals surface area contributed by atoms with Crippen molar-refractivity contribution in [2.75, 3.05) is 19.7 Å². The summed E-state index contributed by atoms with van der Waals surface area (Å²) in [4.78, 5) is 14.2. The van der Waals surface area contributed by atoms with E-state index in [-0.39, 0.29) is 12.5 Å². The fraction of sp³-hybridized carbons (Fsp3) is 0.588. The number of amides is 1. The van der Waals surface area contributed by atoms with Crippen LogP contribution in [0.4, 0.5) is 0 Å². The van der Waals surface area contributed by atoms with Crippen molar-refractivity contribution in [2.24, 2.45) is 11.8 Å². The first-order valence-electron chi connectivity index (χ1n) is 7.43. The Morgan fingerprint density at radius 1 is 1.15 bits per heavy atom. The predicted octanol–water partition coefficient (Wildman–Crippen LogP) is 3.19. The molecule has 3 heteroatoms. The van der Waals surface area contributed by atoms with Crippen molar-refractivity contribution in [3.63, 3.8) is 0 Å². The van der Waals surface area contributed by atoms with Gasteiger partial charge in [-0.05, 0) is 55.4 Å². The Kier molecular flexibility index (Phi) is 4.69. The number of ether oxygens (including phenoxy) is 1. The van der Waals surface area contributed by atoms with Gasteiger partial charge in [-0.2, -0.15) is 0 Å². The second-order valence-electron chi connectivity index (χ2n) is 6.36. The highest BCUT2D eigenvalue weighted by molar-refractivity contribution is 5.77. The van der Waals surface area contributed by atoms with Gasteiger partial charge in [0.1, 0.15) is 5.75 Å². The number of benzene rings is 1. The van der Waals surface area contributed by atoms with Crippen molar-refractivity contribution in [2.45, 2.75) is 34.1 Å². The zero-order chi connectivity index (χ0) is 14.7. The third kappa shape index (κ3) is 3.99. The number of hydrogen-bond donors (Lipinski definition) is 0. The van der Waals surface area contributed by atoms with E-state index in [1.54, 1.807) is 0 Å². The molecule has 2 atom stereocenters. The number of hydrogen-bond acceptors (Lipinski definition) is 2. The van der Waals surface area contributed by atoms with E-state index in [0.717, 1.165) is 30.0 Å². The summed E-state index contributed by atoms with van der Waals surface area (Å²) in [5.41, 5.74) is 2.32. The molecule has 0 saturated carbocycles. The van der Waals surface area contributed by atoms with E-state index in [2.05, 4.69) is 19.9 Å². The van der Waals surface area contributed by atoms with Gasteiger partial charge in [0.15, 0.2) is 6.61 Å². The van der Waals surface area contributed by atoms with Gasteiger partial charge in [-0.25, -0.2) is 0 Å². The Balaban J connectivity index is 1.91. The summed E-state index contributed by atoms with van der Waals surface area (Å²) in [7, 11) is 0. The lowest BCUT2D eigenvalue weighted by atomic mass is 9.92. The van der Waals surface area contributed by atoms with Gasteiger partial charge >= 0.3 is 0 Å². The van der Waals surface area contributed by atoms with Crippen LogP contribution in [0.1, 0.15) is 31.4 Å². The number of carbonyl (C=O) groups excluding carboxylic acids is 1. The molecular formula is C17H25NO2. The molecule has 1 saturated heterocycles. The average molecular weight is 275 g/mol. The molecule has 110 valence electrons. The van der Waals surface area contributed by atoms with Gasteiger partial charge in [0, 0.05) is 13.1 Å². The Morgan fingerprint density at radius 2 is 1.70 bits per heavy atom. The number of carbonyl (C=O) groups is 1. The molecule has 0 aliphatic carbocycles. The highest BCUT2D eigenvalue weighted by atomic mass is 16.5. The number of aryl methyl sites for hydroxylation is 2. The first kappa shape index (κ1) is 14.9. The zero-order valence-electron chi connectivity index (χ0n) is 13.0. The lowest BCUT2D eigenvalue weighted by Crippen LogP contribution is -2.44.